The zero-order valence-electron chi connectivity index (χ0n) is 12.3. The number of nitrogens with zero attached hydrogens (tertiary/aromatic N) is 1. The third-order valence-corrected chi connectivity index (χ3v) is 4.74. The number of anilines is 1. The SMILES string of the molecule is CNC(=O)C(C)(C)CNS(=O)(=O)c1cc(Br)cnc1NC. The molecular weight excluding hydrogens is 360 g/mol. The highest BCUT2D eigenvalue weighted by atomic mass is 79.9. The van der Waals surface area contributed by atoms with Crippen LogP contribution in [-0.4, -0.2) is 39.9 Å². The van der Waals surface area contributed by atoms with Crippen LogP contribution in [0.3, 0.4) is 0 Å². The average molecular weight is 379 g/mol. The van der Waals surface area contributed by atoms with E-state index in [1.54, 1.807) is 20.9 Å². The van der Waals surface area contributed by atoms with Gasteiger partial charge in [-0.2, -0.15) is 0 Å². The Balaban J connectivity index is 3.03. The zero-order valence-corrected chi connectivity index (χ0v) is 14.7. The maximum absolute atomic E-state index is 12.4. The molecule has 7 nitrogen and oxygen atoms in total. The molecule has 0 aliphatic carbocycles. The molecule has 118 valence electrons. The summed E-state index contributed by atoms with van der Waals surface area (Å²) in [5.74, 6) is -0.00476. The first-order valence-electron chi connectivity index (χ1n) is 6.19. The monoisotopic (exact) mass is 378 g/mol. The molecule has 0 spiro atoms. The molecule has 0 aromatic carbocycles. The summed E-state index contributed by atoms with van der Waals surface area (Å²) < 4.78 is 27.7. The smallest absolute Gasteiger partial charge is 0.244 e. The largest absolute Gasteiger partial charge is 0.372 e. The Hall–Kier alpha value is -1.19. The van der Waals surface area contributed by atoms with E-state index in [2.05, 4.69) is 36.3 Å². The summed E-state index contributed by atoms with van der Waals surface area (Å²) in [6.45, 7) is 3.30. The summed E-state index contributed by atoms with van der Waals surface area (Å²) in [6.07, 6.45) is 1.50. The minimum absolute atomic E-state index is 0.0204. The molecule has 1 aromatic rings. The van der Waals surface area contributed by atoms with Crippen LogP contribution < -0.4 is 15.4 Å². The number of rotatable bonds is 6. The molecule has 0 bridgehead atoms. The first-order chi connectivity index (χ1) is 9.64. The Kier molecular flexibility index (Phi) is 5.71. The molecule has 1 amide bonds. The van der Waals surface area contributed by atoms with E-state index in [1.165, 1.54) is 19.3 Å². The third-order valence-electron chi connectivity index (χ3n) is 2.89. The Bertz CT molecular complexity index is 631. The molecule has 0 atom stereocenters. The number of amides is 1. The van der Waals surface area contributed by atoms with Crippen molar-refractivity contribution < 1.29 is 13.2 Å². The molecule has 0 radical (unpaired) electrons. The third kappa shape index (κ3) is 4.39. The molecule has 0 saturated carbocycles. The van der Waals surface area contributed by atoms with Crippen LogP contribution in [0.2, 0.25) is 0 Å². The molecule has 9 heteroatoms. The fraction of sp³-hybridized carbons (Fsp3) is 0.500. The summed E-state index contributed by atoms with van der Waals surface area (Å²) in [6, 6.07) is 1.45. The maximum atomic E-state index is 12.4. The predicted octanol–water partition coefficient (Wildman–Crippen LogP) is 0.936. The van der Waals surface area contributed by atoms with Crippen LogP contribution in [0, 0.1) is 5.41 Å². The van der Waals surface area contributed by atoms with Gasteiger partial charge in [-0.1, -0.05) is 0 Å². The van der Waals surface area contributed by atoms with Gasteiger partial charge in [0.1, 0.15) is 10.7 Å². The summed E-state index contributed by atoms with van der Waals surface area (Å²) in [5.41, 5.74) is -0.860. The van der Waals surface area contributed by atoms with Crippen molar-refractivity contribution in [2.24, 2.45) is 5.41 Å². The van der Waals surface area contributed by atoms with Gasteiger partial charge in [0.25, 0.3) is 0 Å². The number of carbonyl (C=O) groups is 1. The molecule has 1 rings (SSSR count). The van der Waals surface area contributed by atoms with Crippen LogP contribution >= 0.6 is 15.9 Å². The lowest BCUT2D eigenvalue weighted by Crippen LogP contribution is -2.43. The molecule has 3 N–H and O–H groups in total. The van der Waals surface area contributed by atoms with Crippen molar-refractivity contribution in [3.8, 4) is 0 Å². The number of hydrogen-bond acceptors (Lipinski definition) is 5. The van der Waals surface area contributed by atoms with Gasteiger partial charge in [-0.15, -0.1) is 0 Å². The molecule has 1 heterocycles. The molecule has 21 heavy (non-hydrogen) atoms. The van der Waals surface area contributed by atoms with Crippen molar-refractivity contribution in [3.05, 3.63) is 16.7 Å². The summed E-state index contributed by atoms with van der Waals surface area (Å²) in [7, 11) is -0.689. The van der Waals surface area contributed by atoms with Crippen molar-refractivity contribution in [1.29, 1.82) is 0 Å². The minimum atomic E-state index is -3.79. The van der Waals surface area contributed by atoms with Crippen molar-refractivity contribution in [2.75, 3.05) is 26.0 Å². The van der Waals surface area contributed by atoms with E-state index < -0.39 is 15.4 Å². The number of hydrogen-bond donors (Lipinski definition) is 3. The van der Waals surface area contributed by atoms with Crippen LogP contribution in [0.5, 0.6) is 0 Å². The number of sulfonamides is 1. The topological polar surface area (TPSA) is 100 Å². The first kappa shape index (κ1) is 17.9. The first-order valence-corrected chi connectivity index (χ1v) is 8.47. The molecule has 0 fully saturated rings. The second kappa shape index (κ2) is 6.71. The Labute approximate surface area is 133 Å². The predicted molar refractivity (Wildman–Crippen MR) is 84.5 cm³/mol. The van der Waals surface area contributed by atoms with Gasteiger partial charge in [-0.25, -0.2) is 18.1 Å². The second-order valence-corrected chi connectivity index (χ2v) is 7.69. The molecule has 1 aromatic heterocycles. The number of aromatic nitrogens is 1. The molecule has 0 unspecified atom stereocenters. The van der Waals surface area contributed by atoms with E-state index in [9.17, 15) is 13.2 Å². The highest BCUT2D eigenvalue weighted by Gasteiger charge is 2.30. The van der Waals surface area contributed by atoms with Gasteiger partial charge in [0, 0.05) is 31.3 Å². The van der Waals surface area contributed by atoms with E-state index in [0.717, 1.165) is 0 Å². The van der Waals surface area contributed by atoms with Crippen LogP contribution in [-0.2, 0) is 14.8 Å². The van der Waals surface area contributed by atoms with Crippen molar-refractivity contribution >= 4 is 37.7 Å². The molecular formula is C12H19BrN4O3S. The van der Waals surface area contributed by atoms with Gasteiger partial charge < -0.3 is 10.6 Å². The van der Waals surface area contributed by atoms with Crippen LogP contribution in [0.25, 0.3) is 0 Å². The molecule has 0 aliphatic heterocycles. The van der Waals surface area contributed by atoms with Crippen LogP contribution in [0.4, 0.5) is 5.82 Å². The van der Waals surface area contributed by atoms with Crippen molar-refractivity contribution in [1.82, 2.24) is 15.0 Å². The fourth-order valence-electron chi connectivity index (χ4n) is 1.59. The van der Waals surface area contributed by atoms with Crippen molar-refractivity contribution in [2.45, 2.75) is 18.7 Å². The van der Waals surface area contributed by atoms with Crippen LogP contribution in [0.1, 0.15) is 13.8 Å². The van der Waals surface area contributed by atoms with E-state index in [1.807, 2.05) is 0 Å². The van der Waals surface area contributed by atoms with Gasteiger partial charge in [-0.05, 0) is 35.8 Å². The van der Waals surface area contributed by atoms with E-state index in [4.69, 9.17) is 0 Å². The normalized spacial score (nSPS) is 12.0. The summed E-state index contributed by atoms with van der Waals surface area (Å²) in [4.78, 5) is 15.7. The van der Waals surface area contributed by atoms with Gasteiger partial charge >= 0.3 is 0 Å². The summed E-state index contributed by atoms with van der Waals surface area (Å²) >= 11 is 3.20. The fourth-order valence-corrected chi connectivity index (χ4v) is 3.47. The lowest BCUT2D eigenvalue weighted by molar-refractivity contribution is -0.128. The highest BCUT2D eigenvalue weighted by molar-refractivity contribution is 9.10. The van der Waals surface area contributed by atoms with E-state index in [0.29, 0.717) is 4.47 Å². The van der Waals surface area contributed by atoms with Gasteiger partial charge in [0.2, 0.25) is 15.9 Å². The van der Waals surface area contributed by atoms with Gasteiger partial charge in [0.15, 0.2) is 0 Å². The van der Waals surface area contributed by atoms with Crippen LogP contribution in [0.15, 0.2) is 21.6 Å². The standard InChI is InChI=1S/C12H19BrN4O3S/c1-12(2,11(18)15-4)7-17-21(19,20)9-5-8(13)6-16-10(9)14-3/h5-6,17H,7H2,1-4H3,(H,14,16)(H,15,18). The highest BCUT2D eigenvalue weighted by Crippen LogP contribution is 2.23. The molecule has 0 saturated heterocycles. The lowest BCUT2D eigenvalue weighted by Gasteiger charge is -2.23. The zero-order chi connectivity index (χ0) is 16.3. The Morgan fingerprint density at radius 1 is 1.38 bits per heavy atom. The number of pyridine rings is 1. The Morgan fingerprint density at radius 2 is 2.00 bits per heavy atom. The van der Waals surface area contributed by atoms with Crippen molar-refractivity contribution in [3.63, 3.8) is 0 Å². The van der Waals surface area contributed by atoms with E-state index in [-0.39, 0.29) is 23.2 Å². The quantitative estimate of drug-likeness (QED) is 0.683. The minimum Gasteiger partial charge on any atom is -0.372 e. The maximum Gasteiger partial charge on any atom is 0.244 e. The number of nitrogens with one attached hydrogen (secondary N) is 3. The average Bonchev–Trinajstić information content (AvgIpc) is 2.44. The second-order valence-electron chi connectivity index (χ2n) is 5.04. The van der Waals surface area contributed by atoms with E-state index >= 15 is 0 Å². The van der Waals surface area contributed by atoms with Gasteiger partial charge in [0.05, 0.1) is 5.41 Å². The van der Waals surface area contributed by atoms with Gasteiger partial charge in [-0.3, -0.25) is 4.79 Å². The number of halogens is 1. The lowest BCUT2D eigenvalue weighted by atomic mass is 9.93. The summed E-state index contributed by atoms with van der Waals surface area (Å²) in [5, 5.41) is 5.24. The Morgan fingerprint density at radius 3 is 2.52 bits per heavy atom. The number of carbonyl (C=O) groups excluding carboxylic acids is 1. The molecule has 0 aliphatic rings.